The number of phenols is 1. The number of hydrogen-bond donors (Lipinski definition) is 5. The summed E-state index contributed by atoms with van der Waals surface area (Å²) in [4.78, 5) is 53.3. The summed E-state index contributed by atoms with van der Waals surface area (Å²) in [5, 5.41) is 45.9. The van der Waals surface area contributed by atoms with Gasteiger partial charge in [0.1, 0.15) is 17.8 Å². The Bertz CT molecular complexity index is 1230. The topological polar surface area (TPSA) is 175 Å². The van der Waals surface area contributed by atoms with Crippen LogP contribution in [0.5, 0.6) is 5.75 Å². The Morgan fingerprint density at radius 2 is 1.77 bits per heavy atom. The third kappa shape index (κ3) is 3.99. The summed E-state index contributed by atoms with van der Waals surface area (Å²) in [6.45, 7) is 9.00. The maximum Gasteiger partial charge on any atom is 0.230 e. The lowest BCUT2D eigenvalue weighted by atomic mass is 9.39. The van der Waals surface area contributed by atoms with E-state index in [4.69, 9.17) is 5.73 Å². The van der Waals surface area contributed by atoms with Gasteiger partial charge in [0.25, 0.3) is 0 Å². The Morgan fingerprint density at radius 1 is 1.13 bits per heavy atom. The van der Waals surface area contributed by atoms with Crippen LogP contribution in [0.1, 0.15) is 93.0 Å². The molecule has 0 saturated heterocycles. The zero-order chi connectivity index (χ0) is 29.2. The maximum absolute atomic E-state index is 14.1. The van der Waals surface area contributed by atoms with Crippen molar-refractivity contribution in [1.29, 1.82) is 0 Å². The van der Waals surface area contributed by atoms with Crippen LogP contribution in [0.2, 0.25) is 0 Å². The molecule has 0 aromatic heterocycles. The standard InChI is InChI=1S/C30H41NO8/c1-6-7-8-9-17(32)15-10-11-18(33)19-16(15)12-28(4)13-29(5)21(14(2)3)24(35)20(27(31)38)25(36)30(29,39)26(37)22(28)23(19)34/h10-11,14,20-22,24,26,33,35,37,39H,6-9,12-13H2,1-5H3,(H2,31,38)/t20-,21+,22-,24?,26?,28-,29-,30+/m1/s1. The van der Waals surface area contributed by atoms with Gasteiger partial charge < -0.3 is 26.2 Å². The number of primary amides is 1. The Labute approximate surface area is 228 Å². The van der Waals surface area contributed by atoms with E-state index in [1.54, 1.807) is 27.7 Å². The van der Waals surface area contributed by atoms with Gasteiger partial charge in [0.05, 0.1) is 17.6 Å². The summed E-state index contributed by atoms with van der Waals surface area (Å²) in [6, 6.07) is 2.82. The highest BCUT2D eigenvalue weighted by Gasteiger charge is 2.75. The summed E-state index contributed by atoms with van der Waals surface area (Å²) >= 11 is 0. The molecule has 2 unspecified atom stereocenters. The number of nitrogens with two attached hydrogens (primary N) is 1. The van der Waals surface area contributed by atoms with Gasteiger partial charge in [0.15, 0.2) is 23.0 Å². The third-order valence-corrected chi connectivity index (χ3v) is 9.97. The van der Waals surface area contributed by atoms with E-state index < -0.39 is 63.9 Å². The lowest BCUT2D eigenvalue weighted by Gasteiger charge is -2.66. The number of carbonyl (C=O) groups excluding carboxylic acids is 4. The Kier molecular flexibility index (Phi) is 7.37. The van der Waals surface area contributed by atoms with Crippen molar-refractivity contribution in [2.24, 2.45) is 40.2 Å². The minimum atomic E-state index is -2.55. The Hall–Kier alpha value is -2.62. The monoisotopic (exact) mass is 543 g/mol. The zero-order valence-corrected chi connectivity index (χ0v) is 23.4. The molecule has 1 aromatic rings. The van der Waals surface area contributed by atoms with E-state index in [1.807, 2.05) is 6.92 Å². The molecule has 0 aliphatic heterocycles. The van der Waals surface area contributed by atoms with Crippen LogP contribution in [0.15, 0.2) is 12.1 Å². The van der Waals surface area contributed by atoms with Gasteiger partial charge in [0, 0.05) is 17.4 Å². The maximum atomic E-state index is 14.1. The molecule has 9 nitrogen and oxygen atoms in total. The van der Waals surface area contributed by atoms with Crippen LogP contribution in [-0.2, 0) is 16.0 Å². The molecule has 39 heavy (non-hydrogen) atoms. The highest BCUT2D eigenvalue weighted by atomic mass is 16.4. The molecule has 4 rings (SSSR count). The Morgan fingerprint density at radius 3 is 2.33 bits per heavy atom. The average Bonchev–Trinajstić information content (AvgIpc) is 2.81. The zero-order valence-electron chi connectivity index (χ0n) is 23.4. The van der Waals surface area contributed by atoms with Crippen LogP contribution in [0.4, 0.5) is 0 Å². The first kappa shape index (κ1) is 29.4. The second-order valence-corrected chi connectivity index (χ2v) is 12.8. The van der Waals surface area contributed by atoms with Crippen molar-refractivity contribution >= 4 is 23.3 Å². The SMILES string of the molecule is CCCCCC(=O)c1ccc(O)c2c1C[C@]1(C)C[C@]3(C)[C@@H](C(C)C)C(O)[C@@H](C(N)=O)C(=O)[C@]3(O)C(O)[C@H]1C2=O. The lowest BCUT2D eigenvalue weighted by Crippen LogP contribution is -2.79. The number of phenolic OH excluding ortho intramolecular Hbond substituents is 1. The van der Waals surface area contributed by atoms with Crippen molar-refractivity contribution in [3.8, 4) is 5.75 Å². The predicted octanol–water partition coefficient (Wildman–Crippen LogP) is 2.34. The van der Waals surface area contributed by atoms with E-state index in [-0.39, 0.29) is 35.9 Å². The van der Waals surface area contributed by atoms with Crippen LogP contribution < -0.4 is 5.73 Å². The van der Waals surface area contributed by atoms with Gasteiger partial charge in [-0.05, 0) is 54.2 Å². The third-order valence-electron chi connectivity index (χ3n) is 9.97. The summed E-state index contributed by atoms with van der Waals surface area (Å²) in [5.41, 5.74) is 1.13. The van der Waals surface area contributed by atoms with Crippen molar-refractivity contribution < 1.29 is 39.6 Å². The fourth-order valence-corrected chi connectivity index (χ4v) is 8.46. The van der Waals surface area contributed by atoms with E-state index in [0.29, 0.717) is 24.0 Å². The fraction of sp³-hybridized carbons (Fsp3) is 0.667. The first-order valence-corrected chi connectivity index (χ1v) is 13.9. The molecule has 0 spiro atoms. The number of rotatable bonds is 7. The van der Waals surface area contributed by atoms with E-state index in [0.717, 1.165) is 12.8 Å². The number of fused-ring (bicyclic) bond motifs is 3. The number of unbranched alkanes of at least 4 members (excludes halogenated alkanes) is 2. The van der Waals surface area contributed by atoms with E-state index in [2.05, 4.69) is 0 Å². The van der Waals surface area contributed by atoms with Crippen LogP contribution in [0, 0.1) is 34.5 Å². The van der Waals surface area contributed by atoms with Crippen molar-refractivity contribution in [3.63, 3.8) is 0 Å². The fourth-order valence-electron chi connectivity index (χ4n) is 8.46. The summed E-state index contributed by atoms with van der Waals surface area (Å²) in [5.74, 6) is -7.56. The molecule has 2 fully saturated rings. The summed E-state index contributed by atoms with van der Waals surface area (Å²) in [6.07, 6.45) is -0.431. The van der Waals surface area contributed by atoms with E-state index >= 15 is 0 Å². The van der Waals surface area contributed by atoms with Crippen molar-refractivity contribution in [2.45, 2.75) is 91.0 Å². The minimum absolute atomic E-state index is 0.0413. The van der Waals surface area contributed by atoms with Crippen LogP contribution >= 0.6 is 0 Å². The number of aliphatic hydroxyl groups is 3. The number of ketones is 3. The molecule has 6 N–H and O–H groups in total. The van der Waals surface area contributed by atoms with Gasteiger partial charge in [-0.3, -0.25) is 19.2 Å². The van der Waals surface area contributed by atoms with E-state index in [9.17, 15) is 39.6 Å². The molecule has 3 aliphatic carbocycles. The lowest BCUT2D eigenvalue weighted by molar-refractivity contribution is -0.265. The average molecular weight is 544 g/mol. The number of Topliss-reactive ketones (excluding diaryl/α,β-unsaturated/α-hetero) is 3. The molecular weight excluding hydrogens is 502 g/mol. The van der Waals surface area contributed by atoms with E-state index in [1.165, 1.54) is 12.1 Å². The normalized spacial score (nSPS) is 37.7. The number of aromatic hydroxyl groups is 1. The smallest absolute Gasteiger partial charge is 0.230 e. The molecule has 1 amide bonds. The van der Waals surface area contributed by atoms with Crippen molar-refractivity contribution in [2.75, 3.05) is 0 Å². The van der Waals surface area contributed by atoms with Crippen LogP contribution in [0.25, 0.3) is 0 Å². The molecular formula is C30H41NO8. The van der Waals surface area contributed by atoms with Gasteiger partial charge in [-0.2, -0.15) is 0 Å². The second-order valence-electron chi connectivity index (χ2n) is 12.8. The Balaban J connectivity index is 1.90. The van der Waals surface area contributed by atoms with Gasteiger partial charge >= 0.3 is 0 Å². The van der Waals surface area contributed by atoms with Gasteiger partial charge in [-0.1, -0.05) is 47.5 Å². The molecule has 3 aliphatic rings. The number of aliphatic hydroxyl groups excluding tert-OH is 2. The summed E-state index contributed by atoms with van der Waals surface area (Å²) < 4.78 is 0. The first-order chi connectivity index (χ1) is 18.1. The molecule has 1 aromatic carbocycles. The molecule has 0 bridgehead atoms. The number of benzene rings is 1. The minimum Gasteiger partial charge on any atom is -0.507 e. The predicted molar refractivity (Wildman–Crippen MR) is 142 cm³/mol. The van der Waals surface area contributed by atoms with Gasteiger partial charge in [-0.25, -0.2) is 0 Å². The molecule has 0 heterocycles. The highest BCUT2D eigenvalue weighted by molar-refractivity contribution is 6.10. The largest absolute Gasteiger partial charge is 0.507 e. The molecule has 8 atom stereocenters. The van der Waals surface area contributed by atoms with Crippen LogP contribution in [-0.4, -0.2) is 61.5 Å². The molecule has 2 saturated carbocycles. The number of amides is 1. The number of hydrogen-bond acceptors (Lipinski definition) is 8. The van der Waals surface area contributed by atoms with Crippen molar-refractivity contribution in [3.05, 3.63) is 28.8 Å². The molecule has 214 valence electrons. The van der Waals surface area contributed by atoms with Crippen LogP contribution in [0.3, 0.4) is 0 Å². The first-order valence-electron chi connectivity index (χ1n) is 13.9. The van der Waals surface area contributed by atoms with Crippen molar-refractivity contribution in [1.82, 2.24) is 0 Å². The van der Waals surface area contributed by atoms with Gasteiger partial charge in [0.2, 0.25) is 5.91 Å². The number of carbonyl (C=O) groups is 4. The van der Waals surface area contributed by atoms with Gasteiger partial charge in [-0.15, -0.1) is 0 Å². The quantitative estimate of drug-likeness (QED) is 0.198. The molecule has 9 heteroatoms. The second kappa shape index (κ2) is 9.78. The molecule has 0 radical (unpaired) electrons. The highest BCUT2D eigenvalue weighted by Crippen LogP contribution is 2.65. The summed E-state index contributed by atoms with van der Waals surface area (Å²) in [7, 11) is 0.